The zero-order chi connectivity index (χ0) is 8.10. The first-order valence-electron chi connectivity index (χ1n) is 4.61. The Morgan fingerprint density at radius 3 is 2.73 bits per heavy atom. The lowest BCUT2D eigenvalue weighted by atomic mass is 10.1. The van der Waals surface area contributed by atoms with E-state index in [2.05, 4.69) is 34.5 Å². The highest BCUT2D eigenvalue weighted by Crippen LogP contribution is 2.17. The molecule has 1 atom stereocenters. The first-order valence-corrected chi connectivity index (χ1v) is 5.86. The second kappa shape index (κ2) is 5.36. The van der Waals surface area contributed by atoms with E-state index in [0.717, 1.165) is 3.92 Å². The van der Waals surface area contributed by atoms with Crippen LogP contribution in [-0.2, 0) is 0 Å². The Morgan fingerprint density at radius 1 is 1.09 bits per heavy atom. The number of halogens is 1. The maximum absolute atomic E-state index is 2.60. The maximum Gasteiger partial charge on any atom is 0.0122 e. The summed E-state index contributed by atoms with van der Waals surface area (Å²) < 4.78 is 0.924. The second-order valence-corrected chi connectivity index (χ2v) is 5.30. The van der Waals surface area contributed by atoms with Gasteiger partial charge < -0.3 is 4.90 Å². The van der Waals surface area contributed by atoms with Crippen molar-refractivity contribution in [2.75, 3.05) is 20.1 Å². The quantitative estimate of drug-likeness (QED) is 0.482. The molecule has 0 spiro atoms. The van der Waals surface area contributed by atoms with Gasteiger partial charge in [0.15, 0.2) is 0 Å². The topological polar surface area (TPSA) is 3.24 Å². The summed E-state index contributed by atoms with van der Waals surface area (Å²) in [6, 6.07) is 0. The smallest absolute Gasteiger partial charge is 0.0122 e. The molecular formula is C9H18IN. The molecule has 0 N–H and O–H groups in total. The van der Waals surface area contributed by atoms with Gasteiger partial charge in [0.1, 0.15) is 0 Å². The molecule has 1 nitrogen and oxygen atoms in total. The van der Waals surface area contributed by atoms with E-state index < -0.39 is 0 Å². The van der Waals surface area contributed by atoms with Crippen molar-refractivity contribution in [1.29, 1.82) is 0 Å². The summed E-state index contributed by atoms with van der Waals surface area (Å²) in [5, 5.41) is 0. The minimum atomic E-state index is 0.924. The molecule has 0 amide bonds. The number of hydrogen-bond acceptors (Lipinski definition) is 1. The summed E-state index contributed by atoms with van der Waals surface area (Å²) in [7, 11) is 2.24. The fraction of sp³-hybridized carbons (Fsp3) is 1.00. The summed E-state index contributed by atoms with van der Waals surface area (Å²) >= 11 is 2.60. The van der Waals surface area contributed by atoms with Crippen LogP contribution in [0.2, 0.25) is 0 Å². The number of nitrogens with zero attached hydrogens (tertiary/aromatic N) is 1. The van der Waals surface area contributed by atoms with Gasteiger partial charge in [0.25, 0.3) is 0 Å². The third-order valence-electron chi connectivity index (χ3n) is 2.38. The Hall–Kier alpha value is 0.690. The molecule has 11 heavy (non-hydrogen) atoms. The fourth-order valence-corrected chi connectivity index (χ4v) is 2.26. The third-order valence-corrected chi connectivity index (χ3v) is 3.63. The molecule has 1 fully saturated rings. The van der Waals surface area contributed by atoms with Gasteiger partial charge >= 0.3 is 0 Å². The van der Waals surface area contributed by atoms with Crippen molar-refractivity contribution in [3.05, 3.63) is 0 Å². The van der Waals surface area contributed by atoms with Gasteiger partial charge in [-0.05, 0) is 39.4 Å². The van der Waals surface area contributed by atoms with E-state index in [1.165, 1.54) is 45.2 Å². The average Bonchev–Trinajstić information content (AvgIpc) is 2.06. The van der Waals surface area contributed by atoms with Crippen LogP contribution in [0.4, 0.5) is 0 Å². The largest absolute Gasteiger partial charge is 0.306 e. The van der Waals surface area contributed by atoms with Crippen molar-refractivity contribution >= 4 is 22.6 Å². The van der Waals surface area contributed by atoms with Gasteiger partial charge in [0, 0.05) is 3.92 Å². The van der Waals surface area contributed by atoms with E-state index in [1.54, 1.807) is 0 Å². The lowest BCUT2D eigenvalue weighted by Gasteiger charge is -2.15. The molecule has 0 aliphatic carbocycles. The zero-order valence-corrected chi connectivity index (χ0v) is 9.51. The molecule has 1 saturated heterocycles. The van der Waals surface area contributed by atoms with Crippen molar-refractivity contribution in [2.45, 2.75) is 36.0 Å². The van der Waals surface area contributed by atoms with Crippen LogP contribution in [0.5, 0.6) is 0 Å². The normalized spacial score (nSPS) is 30.5. The van der Waals surface area contributed by atoms with E-state index >= 15 is 0 Å². The molecule has 0 bridgehead atoms. The predicted octanol–water partition coefficient (Wildman–Crippen LogP) is 2.69. The number of hydrogen-bond donors (Lipinski definition) is 0. The molecule has 1 aliphatic rings. The second-order valence-electron chi connectivity index (χ2n) is 3.54. The first kappa shape index (κ1) is 9.78. The van der Waals surface area contributed by atoms with Crippen LogP contribution in [0.1, 0.15) is 32.1 Å². The van der Waals surface area contributed by atoms with Gasteiger partial charge in [0.2, 0.25) is 0 Å². The van der Waals surface area contributed by atoms with E-state index in [-0.39, 0.29) is 0 Å². The summed E-state index contributed by atoms with van der Waals surface area (Å²) in [4.78, 5) is 2.47. The van der Waals surface area contributed by atoms with Gasteiger partial charge in [-0.3, -0.25) is 0 Å². The van der Waals surface area contributed by atoms with Crippen molar-refractivity contribution in [3.63, 3.8) is 0 Å². The third kappa shape index (κ3) is 4.31. The Labute approximate surface area is 83.7 Å². The predicted molar refractivity (Wildman–Crippen MR) is 58.4 cm³/mol. The van der Waals surface area contributed by atoms with Crippen LogP contribution in [0, 0.1) is 0 Å². The highest BCUT2D eigenvalue weighted by Gasteiger charge is 2.08. The van der Waals surface area contributed by atoms with Crippen molar-refractivity contribution in [3.8, 4) is 0 Å². The summed E-state index contributed by atoms with van der Waals surface area (Å²) in [5.74, 6) is 0. The van der Waals surface area contributed by atoms with Crippen LogP contribution >= 0.6 is 22.6 Å². The molecular weight excluding hydrogens is 249 g/mol. The van der Waals surface area contributed by atoms with Crippen molar-refractivity contribution in [2.24, 2.45) is 0 Å². The summed E-state index contributed by atoms with van der Waals surface area (Å²) in [6.45, 7) is 2.61. The van der Waals surface area contributed by atoms with Gasteiger partial charge in [-0.2, -0.15) is 0 Å². The highest BCUT2D eigenvalue weighted by atomic mass is 127. The molecule has 0 unspecified atom stereocenters. The van der Waals surface area contributed by atoms with Crippen LogP contribution in [0.3, 0.4) is 0 Å². The monoisotopic (exact) mass is 267 g/mol. The maximum atomic E-state index is 2.60. The van der Waals surface area contributed by atoms with Gasteiger partial charge in [-0.25, -0.2) is 0 Å². The van der Waals surface area contributed by atoms with E-state index in [1.807, 2.05) is 0 Å². The Balaban J connectivity index is 2.25. The molecule has 1 heterocycles. The minimum absolute atomic E-state index is 0.924. The number of rotatable bonds is 0. The van der Waals surface area contributed by atoms with Gasteiger partial charge in [-0.15, -0.1) is 0 Å². The fourth-order valence-electron chi connectivity index (χ4n) is 1.54. The molecule has 0 saturated carbocycles. The molecule has 0 radical (unpaired) electrons. The minimum Gasteiger partial charge on any atom is -0.306 e. The highest BCUT2D eigenvalue weighted by molar-refractivity contribution is 14.1. The molecule has 0 aromatic rings. The van der Waals surface area contributed by atoms with E-state index in [9.17, 15) is 0 Å². The molecule has 66 valence electrons. The lowest BCUT2D eigenvalue weighted by molar-refractivity contribution is 0.329. The Morgan fingerprint density at radius 2 is 1.91 bits per heavy atom. The van der Waals surface area contributed by atoms with Crippen LogP contribution < -0.4 is 0 Å². The first-order chi connectivity index (χ1) is 5.29. The summed E-state index contributed by atoms with van der Waals surface area (Å²) in [5.41, 5.74) is 0. The zero-order valence-electron chi connectivity index (χ0n) is 7.35. The van der Waals surface area contributed by atoms with Crippen LogP contribution in [0.15, 0.2) is 0 Å². The van der Waals surface area contributed by atoms with Crippen LogP contribution in [0.25, 0.3) is 0 Å². The molecule has 0 aromatic carbocycles. The SMILES string of the molecule is CN1CCCCC[C@H](I)CC1. The molecule has 0 aromatic heterocycles. The van der Waals surface area contributed by atoms with E-state index in [0.29, 0.717) is 0 Å². The lowest BCUT2D eigenvalue weighted by Crippen LogP contribution is -2.21. The van der Waals surface area contributed by atoms with Gasteiger partial charge in [-0.1, -0.05) is 35.4 Å². The molecule has 1 aliphatic heterocycles. The van der Waals surface area contributed by atoms with Gasteiger partial charge in [0.05, 0.1) is 0 Å². The number of alkyl halides is 1. The van der Waals surface area contributed by atoms with E-state index in [4.69, 9.17) is 0 Å². The molecule has 1 rings (SSSR count). The van der Waals surface area contributed by atoms with Crippen molar-refractivity contribution < 1.29 is 0 Å². The average molecular weight is 267 g/mol. The van der Waals surface area contributed by atoms with Crippen molar-refractivity contribution in [1.82, 2.24) is 4.90 Å². The Bertz CT molecular complexity index is 93.7. The summed E-state index contributed by atoms with van der Waals surface area (Å²) in [6.07, 6.45) is 7.11. The molecule has 2 heteroatoms. The Kier molecular flexibility index (Phi) is 4.76. The van der Waals surface area contributed by atoms with Crippen LogP contribution in [-0.4, -0.2) is 29.0 Å². The standard InChI is InChI=1S/C9H18IN/c1-11-7-4-2-3-5-9(10)6-8-11/h9H,2-8H2,1H3/t9-/m0/s1.